The molecule has 3 aromatic carbocycles. The zero-order chi connectivity index (χ0) is 22.2. The first-order valence-corrected chi connectivity index (χ1v) is 9.96. The molecule has 1 heterocycles. The van der Waals surface area contributed by atoms with Crippen LogP contribution in [0.4, 0.5) is 0 Å². The lowest BCUT2D eigenvalue weighted by Crippen LogP contribution is -2.10. The van der Waals surface area contributed by atoms with Crippen molar-refractivity contribution in [1.82, 2.24) is 4.98 Å². The third kappa shape index (κ3) is 5.80. The molecule has 158 valence electrons. The number of nitrogens with two attached hydrogens (primary N) is 1. The molecular weight excluding hydrogens is 416 g/mol. The number of H-pyrrole nitrogens is 1. The number of nitrogens with one attached hydrogen (secondary N) is 1. The molecule has 4 aromatic rings. The molecule has 0 fully saturated rings. The number of benzene rings is 3. The highest BCUT2D eigenvalue weighted by Gasteiger charge is 2.13. The Hall–Kier alpha value is -3.91. The summed E-state index contributed by atoms with van der Waals surface area (Å²) in [4.78, 5) is 14.6. The number of aromatic nitrogens is 1. The molecule has 0 bridgehead atoms. The van der Waals surface area contributed by atoms with Crippen LogP contribution in [0, 0.1) is 6.92 Å². The summed E-state index contributed by atoms with van der Waals surface area (Å²) in [6.45, 7) is 2.42. The Morgan fingerprint density at radius 2 is 1.65 bits per heavy atom. The summed E-state index contributed by atoms with van der Waals surface area (Å²) in [7, 11) is 0. The Kier molecular flexibility index (Phi) is 7.18. The van der Waals surface area contributed by atoms with Gasteiger partial charge in [0, 0.05) is 11.5 Å². The molecule has 0 aliphatic carbocycles. The zero-order valence-electron chi connectivity index (χ0n) is 16.7. The lowest BCUT2D eigenvalue weighted by molar-refractivity contribution is 0.0996. The van der Waals surface area contributed by atoms with E-state index in [2.05, 4.69) is 4.98 Å². The smallest absolute Gasteiger partial charge is 0.335 e. The van der Waals surface area contributed by atoms with E-state index >= 15 is 0 Å². The van der Waals surface area contributed by atoms with E-state index in [4.69, 9.17) is 23.6 Å². The number of aromatic amines is 1. The maximum absolute atomic E-state index is 11.6. The first kappa shape index (κ1) is 21.8. The van der Waals surface area contributed by atoms with Gasteiger partial charge in [0.1, 0.15) is 29.5 Å². The predicted octanol–water partition coefficient (Wildman–Crippen LogP) is 4.28. The van der Waals surface area contributed by atoms with E-state index in [1.54, 1.807) is 6.07 Å². The van der Waals surface area contributed by atoms with Gasteiger partial charge in [-0.3, -0.25) is 4.79 Å². The number of ether oxygens (including phenoxy) is 2. The van der Waals surface area contributed by atoms with Gasteiger partial charge in [0.05, 0.1) is 5.52 Å². The van der Waals surface area contributed by atoms with Gasteiger partial charge in [-0.15, -0.1) is 0 Å². The molecule has 3 N–H and O–H groups in total. The van der Waals surface area contributed by atoms with Gasteiger partial charge >= 0.3 is 11.6 Å². The van der Waals surface area contributed by atoms with Crippen LogP contribution >= 0.6 is 0 Å². The molecular formula is C23H20N2O5S. The number of hydrogen-bond donors (Lipinski definition) is 2. The quantitative estimate of drug-likeness (QED) is 0.469. The van der Waals surface area contributed by atoms with Crippen molar-refractivity contribution in [3.05, 3.63) is 89.6 Å². The largest absolute Gasteiger partial charge is 0.487 e. The van der Waals surface area contributed by atoms with E-state index < -0.39 is 17.5 Å². The minimum atomic E-state index is -0.750. The van der Waals surface area contributed by atoms with E-state index in [1.165, 1.54) is 0 Å². The molecule has 31 heavy (non-hydrogen) atoms. The summed E-state index contributed by atoms with van der Waals surface area (Å²) in [5, 5.41) is 0.793. The van der Waals surface area contributed by atoms with Gasteiger partial charge < -0.3 is 20.2 Å². The van der Waals surface area contributed by atoms with E-state index in [1.807, 2.05) is 73.7 Å². The zero-order valence-corrected chi connectivity index (χ0v) is 17.5. The predicted molar refractivity (Wildman–Crippen MR) is 118 cm³/mol. The normalized spacial score (nSPS) is 10.1. The number of rotatable bonds is 6. The van der Waals surface area contributed by atoms with Crippen molar-refractivity contribution in [3.63, 3.8) is 0 Å². The van der Waals surface area contributed by atoms with Gasteiger partial charge in [-0.05, 0) is 36.8 Å². The number of carbonyl (C=O) groups is 1. The van der Waals surface area contributed by atoms with E-state index in [0.717, 1.165) is 22.3 Å². The highest BCUT2D eigenvalue weighted by atomic mass is 32.1. The highest BCUT2D eigenvalue weighted by molar-refractivity contribution is 7.51. The highest BCUT2D eigenvalue weighted by Crippen LogP contribution is 2.34. The summed E-state index contributed by atoms with van der Waals surface area (Å²) in [6.07, 6.45) is 0. The second kappa shape index (κ2) is 10.2. The van der Waals surface area contributed by atoms with Crippen molar-refractivity contribution in [2.45, 2.75) is 13.5 Å². The van der Waals surface area contributed by atoms with Crippen molar-refractivity contribution in [2.24, 2.45) is 5.73 Å². The topological polar surface area (TPSA) is 111 Å². The summed E-state index contributed by atoms with van der Waals surface area (Å²) < 4.78 is 28.6. The molecule has 1 aromatic heterocycles. The monoisotopic (exact) mass is 436 g/mol. The third-order valence-electron chi connectivity index (χ3n) is 4.43. The number of fused-ring (bicyclic) bond motifs is 1. The SMILES string of the molecule is Cc1ccc(Oc2cc(OCc3ccccc3)c3[nH]c(C(N)=O)cc3c2)cc1.O=S=O. The second-order valence-corrected chi connectivity index (χ2v) is 6.83. The molecule has 0 aliphatic rings. The van der Waals surface area contributed by atoms with Crippen LogP contribution in [-0.4, -0.2) is 19.3 Å². The Bertz CT molecular complexity index is 1210. The second-order valence-electron chi connectivity index (χ2n) is 6.69. The first-order valence-electron chi connectivity index (χ1n) is 9.29. The van der Waals surface area contributed by atoms with Crippen LogP contribution in [0.5, 0.6) is 17.2 Å². The van der Waals surface area contributed by atoms with Crippen molar-refractivity contribution < 1.29 is 22.7 Å². The molecule has 1 amide bonds. The lowest BCUT2D eigenvalue weighted by Gasteiger charge is -2.11. The van der Waals surface area contributed by atoms with Gasteiger partial charge in [-0.25, -0.2) is 0 Å². The Labute approximate surface area is 182 Å². The minimum Gasteiger partial charge on any atom is -0.487 e. The van der Waals surface area contributed by atoms with Crippen LogP contribution in [0.25, 0.3) is 10.9 Å². The van der Waals surface area contributed by atoms with Crippen LogP contribution in [-0.2, 0) is 18.2 Å². The fourth-order valence-corrected chi connectivity index (χ4v) is 2.97. The first-order chi connectivity index (χ1) is 15.0. The average Bonchev–Trinajstić information content (AvgIpc) is 3.20. The van der Waals surface area contributed by atoms with Crippen LogP contribution in [0.2, 0.25) is 0 Å². The van der Waals surface area contributed by atoms with Crippen LogP contribution < -0.4 is 15.2 Å². The number of amides is 1. The molecule has 8 heteroatoms. The van der Waals surface area contributed by atoms with Gasteiger partial charge in [0.25, 0.3) is 5.91 Å². The number of aryl methyl sites for hydroxylation is 1. The van der Waals surface area contributed by atoms with Crippen LogP contribution in [0.1, 0.15) is 21.6 Å². The van der Waals surface area contributed by atoms with Crippen LogP contribution in [0.15, 0.2) is 72.8 Å². The molecule has 0 saturated heterocycles. The Balaban J connectivity index is 0.000000858. The lowest BCUT2D eigenvalue weighted by atomic mass is 10.2. The van der Waals surface area contributed by atoms with Crippen molar-refractivity contribution in [1.29, 1.82) is 0 Å². The van der Waals surface area contributed by atoms with E-state index in [9.17, 15) is 4.79 Å². The Morgan fingerprint density at radius 3 is 2.29 bits per heavy atom. The maximum Gasteiger partial charge on any atom is 0.335 e. The molecule has 7 nitrogen and oxygen atoms in total. The summed E-state index contributed by atoms with van der Waals surface area (Å²) >= 11 is -0.750. The minimum absolute atomic E-state index is 0.326. The van der Waals surface area contributed by atoms with Crippen molar-refractivity contribution >= 4 is 28.4 Å². The van der Waals surface area contributed by atoms with E-state index in [0.29, 0.717) is 29.3 Å². The molecule has 4 rings (SSSR count). The standard InChI is InChI=1S/C23H20N2O3.O2S/c1-15-7-9-18(10-8-15)28-19-11-17-12-20(23(24)26)25-22(17)21(13-19)27-14-16-5-3-2-4-6-16;1-3-2/h2-13,25H,14H2,1H3,(H2,24,26);. The fraction of sp³-hybridized carbons (Fsp3) is 0.0870. The summed E-state index contributed by atoms with van der Waals surface area (Å²) in [5.74, 6) is 1.42. The fourth-order valence-electron chi connectivity index (χ4n) is 2.97. The third-order valence-corrected chi connectivity index (χ3v) is 4.43. The van der Waals surface area contributed by atoms with Crippen LogP contribution in [0.3, 0.4) is 0 Å². The number of carbonyl (C=O) groups excluding carboxylic acids is 1. The van der Waals surface area contributed by atoms with Gasteiger partial charge in [-0.2, -0.15) is 8.42 Å². The van der Waals surface area contributed by atoms with E-state index in [-0.39, 0.29) is 0 Å². The molecule has 0 atom stereocenters. The Morgan fingerprint density at radius 1 is 0.968 bits per heavy atom. The van der Waals surface area contributed by atoms with Crippen molar-refractivity contribution in [2.75, 3.05) is 0 Å². The van der Waals surface area contributed by atoms with Crippen molar-refractivity contribution in [3.8, 4) is 17.2 Å². The molecule has 0 spiro atoms. The number of primary amides is 1. The summed E-state index contributed by atoms with van der Waals surface area (Å²) in [6, 6.07) is 23.0. The van der Waals surface area contributed by atoms with Gasteiger partial charge in [0.15, 0.2) is 0 Å². The van der Waals surface area contributed by atoms with Gasteiger partial charge in [-0.1, -0.05) is 48.0 Å². The molecule has 0 unspecified atom stereocenters. The van der Waals surface area contributed by atoms with Gasteiger partial charge in [0.2, 0.25) is 0 Å². The summed E-state index contributed by atoms with van der Waals surface area (Å²) in [5.41, 5.74) is 8.66. The molecule has 0 radical (unpaired) electrons. The number of hydrogen-bond acceptors (Lipinski definition) is 5. The molecule has 0 aliphatic heterocycles. The maximum atomic E-state index is 11.6. The molecule has 0 saturated carbocycles. The average molecular weight is 436 g/mol.